The second-order valence-electron chi connectivity index (χ2n) is 3.78. The number of pyridine rings is 1. The van der Waals surface area contributed by atoms with Gasteiger partial charge in [-0.25, -0.2) is 4.98 Å². The summed E-state index contributed by atoms with van der Waals surface area (Å²) >= 11 is 1.57. The van der Waals surface area contributed by atoms with Crippen molar-refractivity contribution in [2.75, 3.05) is 19.0 Å². The third-order valence-corrected chi connectivity index (χ3v) is 3.11. The van der Waals surface area contributed by atoms with E-state index in [0.29, 0.717) is 19.7 Å². The number of hydrogen-bond donors (Lipinski definition) is 1. The number of thiazole rings is 1. The molecule has 0 bridgehead atoms. The Hall–Kier alpha value is -1.66. The minimum absolute atomic E-state index is 0.0220. The molecule has 0 fully saturated rings. The highest BCUT2D eigenvalue weighted by molar-refractivity contribution is 7.07. The number of rotatable bonds is 6. The Morgan fingerprint density at radius 2 is 2.39 bits per heavy atom. The Kier molecular flexibility index (Phi) is 4.49. The van der Waals surface area contributed by atoms with E-state index in [9.17, 15) is 4.79 Å². The fourth-order valence-electron chi connectivity index (χ4n) is 1.52. The Bertz CT molecular complexity index is 537. The third kappa shape index (κ3) is 3.41. The van der Waals surface area contributed by atoms with Crippen LogP contribution in [0.5, 0.6) is 0 Å². The Morgan fingerprint density at radius 3 is 3.11 bits per heavy atom. The average Bonchev–Trinajstić information content (AvgIpc) is 2.89. The molecule has 0 saturated heterocycles. The summed E-state index contributed by atoms with van der Waals surface area (Å²) in [4.78, 5) is 15.8. The highest BCUT2D eigenvalue weighted by Crippen LogP contribution is 2.07. The maximum atomic E-state index is 11.6. The van der Waals surface area contributed by atoms with E-state index in [1.807, 2.05) is 5.38 Å². The lowest BCUT2D eigenvalue weighted by molar-refractivity contribution is 0.186. The first-order valence-electron chi connectivity index (χ1n) is 5.60. The quantitative estimate of drug-likeness (QED) is 0.861. The van der Waals surface area contributed by atoms with Crippen LogP contribution in [0.3, 0.4) is 0 Å². The number of nitrogens with one attached hydrogen (secondary N) is 1. The normalized spacial score (nSPS) is 10.5. The van der Waals surface area contributed by atoms with Gasteiger partial charge in [0.15, 0.2) is 0 Å². The molecule has 0 aromatic carbocycles. The molecule has 5 nitrogen and oxygen atoms in total. The van der Waals surface area contributed by atoms with Crippen molar-refractivity contribution in [3.05, 3.63) is 45.3 Å². The maximum absolute atomic E-state index is 11.6. The van der Waals surface area contributed by atoms with Crippen LogP contribution in [0.15, 0.2) is 34.0 Å². The Balaban J connectivity index is 2.02. The van der Waals surface area contributed by atoms with Crippen LogP contribution in [0.1, 0.15) is 5.69 Å². The van der Waals surface area contributed by atoms with Crippen LogP contribution in [0, 0.1) is 0 Å². The summed E-state index contributed by atoms with van der Waals surface area (Å²) in [6.07, 6.45) is 1.80. The first kappa shape index (κ1) is 12.8. The van der Waals surface area contributed by atoms with Gasteiger partial charge in [0.25, 0.3) is 5.56 Å². The highest BCUT2D eigenvalue weighted by Gasteiger charge is 1.99. The van der Waals surface area contributed by atoms with Crippen LogP contribution in [0.4, 0.5) is 5.69 Å². The number of anilines is 1. The molecule has 6 heteroatoms. The van der Waals surface area contributed by atoms with E-state index < -0.39 is 0 Å². The molecule has 0 spiro atoms. The van der Waals surface area contributed by atoms with Gasteiger partial charge in [-0.2, -0.15) is 0 Å². The van der Waals surface area contributed by atoms with Gasteiger partial charge in [0.1, 0.15) is 0 Å². The van der Waals surface area contributed by atoms with Gasteiger partial charge in [0.2, 0.25) is 0 Å². The first-order valence-corrected chi connectivity index (χ1v) is 6.54. The van der Waals surface area contributed by atoms with Crippen LogP contribution < -0.4 is 10.9 Å². The predicted molar refractivity (Wildman–Crippen MR) is 72.0 cm³/mol. The number of hydrogen-bond acceptors (Lipinski definition) is 5. The van der Waals surface area contributed by atoms with Gasteiger partial charge in [0, 0.05) is 31.3 Å². The topological polar surface area (TPSA) is 56.1 Å². The molecule has 0 aliphatic carbocycles. The van der Waals surface area contributed by atoms with E-state index in [-0.39, 0.29) is 5.56 Å². The second kappa shape index (κ2) is 6.32. The average molecular weight is 265 g/mol. The molecule has 2 heterocycles. The zero-order chi connectivity index (χ0) is 12.8. The van der Waals surface area contributed by atoms with E-state index in [4.69, 9.17) is 4.74 Å². The lowest BCUT2D eigenvalue weighted by Gasteiger charge is -2.09. The third-order valence-electron chi connectivity index (χ3n) is 2.48. The van der Waals surface area contributed by atoms with Crippen molar-refractivity contribution in [1.29, 1.82) is 0 Å². The monoisotopic (exact) mass is 265 g/mol. The summed E-state index contributed by atoms with van der Waals surface area (Å²) in [5.74, 6) is 0. The minimum Gasteiger partial charge on any atom is -0.383 e. The van der Waals surface area contributed by atoms with Gasteiger partial charge in [0.05, 0.1) is 30.0 Å². The fourth-order valence-corrected chi connectivity index (χ4v) is 2.08. The van der Waals surface area contributed by atoms with Gasteiger partial charge in [-0.15, -0.1) is 11.3 Å². The van der Waals surface area contributed by atoms with Gasteiger partial charge in [-0.05, 0) is 6.07 Å². The van der Waals surface area contributed by atoms with Crippen molar-refractivity contribution in [3.63, 3.8) is 0 Å². The van der Waals surface area contributed by atoms with E-state index in [0.717, 1.165) is 11.4 Å². The van der Waals surface area contributed by atoms with Gasteiger partial charge in [-0.1, -0.05) is 0 Å². The molecule has 0 radical (unpaired) electrons. The maximum Gasteiger partial charge on any atom is 0.250 e. The van der Waals surface area contributed by atoms with E-state index in [1.54, 1.807) is 46.9 Å². The molecule has 1 N–H and O–H groups in total. The number of methoxy groups -OCH3 is 1. The first-order chi connectivity index (χ1) is 8.79. The predicted octanol–water partition coefficient (Wildman–Crippen LogP) is 1.56. The molecule has 2 rings (SSSR count). The molecule has 2 aromatic rings. The summed E-state index contributed by atoms with van der Waals surface area (Å²) in [6, 6.07) is 3.33. The SMILES string of the molecule is COCCn1cc(NCc2cscn2)ccc1=O. The largest absolute Gasteiger partial charge is 0.383 e. The Morgan fingerprint density at radius 1 is 1.50 bits per heavy atom. The standard InChI is InChI=1S/C12H15N3O2S/c1-17-5-4-15-7-10(2-3-12(15)16)13-6-11-8-18-9-14-11/h2-3,7-9,13H,4-6H2,1H3. The molecule has 0 unspecified atom stereocenters. The highest BCUT2D eigenvalue weighted by atomic mass is 32.1. The Labute approximate surface area is 109 Å². The molecular formula is C12H15N3O2S. The minimum atomic E-state index is -0.0220. The summed E-state index contributed by atoms with van der Waals surface area (Å²) in [6.45, 7) is 1.74. The van der Waals surface area contributed by atoms with E-state index in [2.05, 4.69) is 10.3 Å². The van der Waals surface area contributed by atoms with Crippen molar-refractivity contribution >= 4 is 17.0 Å². The van der Waals surface area contributed by atoms with Crippen molar-refractivity contribution in [3.8, 4) is 0 Å². The molecule has 0 saturated carbocycles. The zero-order valence-corrected chi connectivity index (χ0v) is 10.9. The van der Waals surface area contributed by atoms with E-state index >= 15 is 0 Å². The van der Waals surface area contributed by atoms with Crippen molar-refractivity contribution < 1.29 is 4.74 Å². The zero-order valence-electron chi connectivity index (χ0n) is 10.1. The fraction of sp³-hybridized carbons (Fsp3) is 0.333. The van der Waals surface area contributed by atoms with Crippen molar-refractivity contribution in [1.82, 2.24) is 9.55 Å². The second-order valence-corrected chi connectivity index (χ2v) is 4.49. The van der Waals surface area contributed by atoms with Gasteiger partial charge in [-0.3, -0.25) is 4.79 Å². The van der Waals surface area contributed by atoms with Crippen LogP contribution in [-0.4, -0.2) is 23.3 Å². The summed E-state index contributed by atoms with van der Waals surface area (Å²) in [5, 5.41) is 5.23. The van der Waals surface area contributed by atoms with E-state index in [1.165, 1.54) is 0 Å². The summed E-state index contributed by atoms with van der Waals surface area (Å²) in [5.41, 5.74) is 3.68. The lowest BCUT2D eigenvalue weighted by Crippen LogP contribution is -2.21. The number of nitrogens with zero attached hydrogens (tertiary/aromatic N) is 2. The molecular weight excluding hydrogens is 250 g/mol. The smallest absolute Gasteiger partial charge is 0.250 e. The molecule has 0 aliphatic rings. The number of aromatic nitrogens is 2. The van der Waals surface area contributed by atoms with Gasteiger partial charge < -0.3 is 14.6 Å². The molecule has 96 valence electrons. The molecule has 0 amide bonds. The molecule has 0 aliphatic heterocycles. The summed E-state index contributed by atoms with van der Waals surface area (Å²) in [7, 11) is 1.62. The molecule has 18 heavy (non-hydrogen) atoms. The van der Waals surface area contributed by atoms with Gasteiger partial charge >= 0.3 is 0 Å². The number of ether oxygens (including phenoxy) is 1. The van der Waals surface area contributed by atoms with Crippen LogP contribution in [-0.2, 0) is 17.8 Å². The molecule has 2 aromatic heterocycles. The van der Waals surface area contributed by atoms with Crippen molar-refractivity contribution in [2.24, 2.45) is 0 Å². The van der Waals surface area contributed by atoms with Crippen LogP contribution >= 0.6 is 11.3 Å². The summed E-state index contributed by atoms with van der Waals surface area (Å²) < 4.78 is 6.60. The lowest BCUT2D eigenvalue weighted by atomic mass is 10.3. The molecule has 0 atom stereocenters. The van der Waals surface area contributed by atoms with Crippen LogP contribution in [0.25, 0.3) is 0 Å². The van der Waals surface area contributed by atoms with Crippen LogP contribution in [0.2, 0.25) is 0 Å². The van der Waals surface area contributed by atoms with Crippen molar-refractivity contribution in [2.45, 2.75) is 13.1 Å².